The van der Waals surface area contributed by atoms with Crippen molar-refractivity contribution < 1.29 is 14.4 Å². The minimum absolute atomic E-state index is 0.0412. The molecule has 1 aliphatic heterocycles. The number of Topliss-reactive ketones (excluding diaryl/α,β-unsaturated/α-hetero) is 1. The summed E-state index contributed by atoms with van der Waals surface area (Å²) in [5.74, 6) is -0.120. The van der Waals surface area contributed by atoms with Crippen LogP contribution in [0.1, 0.15) is 31.1 Å². The number of aromatic nitrogens is 1. The molecule has 194 valence electrons. The van der Waals surface area contributed by atoms with E-state index in [9.17, 15) is 14.4 Å². The number of piperazine rings is 1. The number of amides is 2. The highest BCUT2D eigenvalue weighted by Gasteiger charge is 2.24. The Morgan fingerprint density at radius 3 is 2.42 bits per heavy atom. The minimum Gasteiger partial charge on any atom is -0.336 e. The van der Waals surface area contributed by atoms with Gasteiger partial charge < -0.3 is 15.1 Å². The van der Waals surface area contributed by atoms with Gasteiger partial charge in [0.05, 0.1) is 27.1 Å². The van der Waals surface area contributed by atoms with E-state index in [0.717, 1.165) is 32.1 Å². The number of likely N-dealkylation sites (N-methyl/N-ethyl adjacent to an activating group) is 1. The average Bonchev–Trinajstić information content (AvgIpc) is 3.34. The number of nitrogens with zero attached hydrogens (tertiary/aromatic N) is 3. The van der Waals surface area contributed by atoms with E-state index in [-0.39, 0.29) is 17.6 Å². The summed E-state index contributed by atoms with van der Waals surface area (Å²) in [4.78, 5) is 47.5. The van der Waals surface area contributed by atoms with E-state index in [4.69, 9.17) is 0 Å². The molecule has 2 amide bonds. The van der Waals surface area contributed by atoms with E-state index in [2.05, 4.69) is 31.1 Å². The average molecular weight is 610 g/mol. The van der Waals surface area contributed by atoms with Gasteiger partial charge in [-0.15, -0.1) is 11.3 Å². The fraction of sp³-hybridized carbons (Fsp3) is 0.214. The second-order valence-electron chi connectivity index (χ2n) is 8.98. The molecule has 3 aromatic carbocycles. The topological polar surface area (TPSA) is 82.6 Å². The van der Waals surface area contributed by atoms with Crippen LogP contribution in [0.15, 0.2) is 75.5 Å². The number of thioether (sulfide) groups is 1. The molecule has 2 heterocycles. The predicted molar refractivity (Wildman–Crippen MR) is 157 cm³/mol. The molecule has 4 aromatic rings. The second-order valence-corrected chi connectivity index (χ2v) is 12.1. The monoisotopic (exact) mass is 608 g/mol. The summed E-state index contributed by atoms with van der Waals surface area (Å²) >= 11 is 6.26. The molecule has 1 fully saturated rings. The molecule has 0 unspecified atom stereocenters. The number of ketones is 1. The van der Waals surface area contributed by atoms with Crippen molar-refractivity contribution in [2.75, 3.05) is 44.3 Å². The molecule has 0 atom stereocenters. The summed E-state index contributed by atoms with van der Waals surface area (Å²) in [6, 6.07) is 19.8. The Bertz CT molecular complexity index is 1500. The molecule has 1 N–H and O–H groups in total. The number of hydrogen-bond donors (Lipinski definition) is 1. The maximum atomic E-state index is 13.2. The minimum atomic E-state index is -0.332. The number of halogens is 1. The van der Waals surface area contributed by atoms with Crippen molar-refractivity contribution in [1.82, 2.24) is 14.8 Å². The first-order valence-corrected chi connectivity index (χ1v) is 14.7. The Labute approximate surface area is 237 Å². The molecule has 0 aliphatic carbocycles. The third-order valence-electron chi connectivity index (χ3n) is 6.31. The maximum Gasteiger partial charge on any atom is 0.256 e. The third-order valence-corrected chi connectivity index (χ3v) is 9.00. The quantitative estimate of drug-likeness (QED) is 0.215. The van der Waals surface area contributed by atoms with Gasteiger partial charge in [0.1, 0.15) is 0 Å². The number of carbonyl (C=O) groups is 3. The largest absolute Gasteiger partial charge is 0.336 e. The predicted octanol–water partition coefficient (Wildman–Crippen LogP) is 5.67. The Morgan fingerprint density at radius 1 is 0.974 bits per heavy atom. The highest BCUT2D eigenvalue weighted by atomic mass is 79.9. The number of fused-ring (bicyclic) bond motifs is 1. The normalized spacial score (nSPS) is 14.0. The van der Waals surface area contributed by atoms with Gasteiger partial charge in [0.15, 0.2) is 10.1 Å². The van der Waals surface area contributed by atoms with Crippen LogP contribution in [0.25, 0.3) is 10.2 Å². The lowest BCUT2D eigenvalue weighted by molar-refractivity contribution is 0.0660. The fourth-order valence-corrected chi connectivity index (χ4v) is 6.40. The van der Waals surface area contributed by atoms with Crippen LogP contribution in [0.2, 0.25) is 0 Å². The van der Waals surface area contributed by atoms with Crippen molar-refractivity contribution in [2.45, 2.75) is 4.34 Å². The zero-order valence-electron chi connectivity index (χ0n) is 20.6. The highest BCUT2D eigenvalue weighted by molar-refractivity contribution is 9.10. The van der Waals surface area contributed by atoms with Gasteiger partial charge in [-0.2, -0.15) is 0 Å². The van der Waals surface area contributed by atoms with E-state index in [1.165, 1.54) is 23.1 Å². The summed E-state index contributed by atoms with van der Waals surface area (Å²) in [7, 11) is 2.04. The van der Waals surface area contributed by atoms with E-state index in [1.807, 2.05) is 31.3 Å². The Kier molecular flexibility index (Phi) is 8.23. The van der Waals surface area contributed by atoms with Crippen LogP contribution in [0.5, 0.6) is 0 Å². The van der Waals surface area contributed by atoms with Crippen molar-refractivity contribution in [3.05, 3.63) is 87.9 Å². The summed E-state index contributed by atoms with van der Waals surface area (Å²) in [6.45, 7) is 2.91. The third kappa shape index (κ3) is 6.15. The Hall–Kier alpha value is -3.05. The summed E-state index contributed by atoms with van der Waals surface area (Å²) in [5.41, 5.74) is 2.84. The molecule has 1 aliphatic rings. The van der Waals surface area contributed by atoms with Crippen LogP contribution in [0.4, 0.5) is 5.69 Å². The van der Waals surface area contributed by atoms with E-state index in [1.54, 1.807) is 47.4 Å². The maximum absolute atomic E-state index is 13.2. The van der Waals surface area contributed by atoms with Crippen molar-refractivity contribution in [3.63, 3.8) is 0 Å². The van der Waals surface area contributed by atoms with Crippen molar-refractivity contribution in [3.8, 4) is 0 Å². The number of thiazole rings is 1. The van der Waals surface area contributed by atoms with E-state index in [0.29, 0.717) is 41.2 Å². The second kappa shape index (κ2) is 11.8. The zero-order valence-corrected chi connectivity index (χ0v) is 23.9. The SMILES string of the molecule is CN1CCN(C(=O)c2ccccc2C(=O)Nc2ccc3nc(SCC(=O)c4ccc(Br)cc4)sc3c2)CC1. The number of carbonyl (C=O) groups excluding carboxylic acids is 3. The smallest absolute Gasteiger partial charge is 0.256 e. The molecule has 0 saturated carbocycles. The van der Waals surface area contributed by atoms with Crippen LogP contribution < -0.4 is 5.32 Å². The van der Waals surface area contributed by atoms with Crippen molar-refractivity contribution in [1.29, 1.82) is 0 Å². The van der Waals surface area contributed by atoms with Crippen molar-refractivity contribution >= 4 is 72.5 Å². The van der Waals surface area contributed by atoms with E-state index >= 15 is 0 Å². The van der Waals surface area contributed by atoms with Gasteiger partial charge in [-0.05, 0) is 49.5 Å². The first-order chi connectivity index (χ1) is 18.4. The van der Waals surface area contributed by atoms with Gasteiger partial charge in [0.25, 0.3) is 11.8 Å². The highest BCUT2D eigenvalue weighted by Crippen LogP contribution is 2.32. The summed E-state index contributed by atoms with van der Waals surface area (Å²) in [5, 5.41) is 2.94. The Morgan fingerprint density at radius 2 is 1.68 bits per heavy atom. The Balaban J connectivity index is 1.26. The lowest BCUT2D eigenvalue weighted by Crippen LogP contribution is -2.47. The molecule has 38 heavy (non-hydrogen) atoms. The van der Waals surface area contributed by atoms with Crippen molar-refractivity contribution in [2.24, 2.45) is 0 Å². The molecule has 7 nitrogen and oxygen atoms in total. The number of hydrogen-bond acceptors (Lipinski definition) is 7. The molecule has 0 spiro atoms. The first-order valence-electron chi connectivity index (χ1n) is 12.1. The molecular formula is C28H25BrN4O3S2. The fourth-order valence-electron chi connectivity index (χ4n) is 4.14. The van der Waals surface area contributed by atoms with Crippen LogP contribution in [-0.2, 0) is 0 Å². The van der Waals surface area contributed by atoms with Crippen LogP contribution in [0.3, 0.4) is 0 Å². The first kappa shape index (κ1) is 26.6. The number of nitrogens with one attached hydrogen (secondary N) is 1. The summed E-state index contributed by atoms with van der Waals surface area (Å²) < 4.78 is 2.63. The zero-order chi connectivity index (χ0) is 26.6. The molecule has 0 bridgehead atoms. The van der Waals surface area contributed by atoms with E-state index < -0.39 is 0 Å². The molecule has 10 heteroatoms. The molecule has 5 rings (SSSR count). The number of rotatable bonds is 7. The molecular weight excluding hydrogens is 584 g/mol. The van der Waals surface area contributed by atoms with Crippen LogP contribution in [0, 0.1) is 0 Å². The van der Waals surface area contributed by atoms with Crippen LogP contribution in [-0.4, -0.2) is 71.4 Å². The van der Waals surface area contributed by atoms with Gasteiger partial charge in [-0.3, -0.25) is 14.4 Å². The van der Waals surface area contributed by atoms with Gasteiger partial charge in [0, 0.05) is 41.9 Å². The lowest BCUT2D eigenvalue weighted by Gasteiger charge is -2.32. The molecule has 0 radical (unpaired) electrons. The number of anilines is 1. The van der Waals surface area contributed by atoms with Gasteiger partial charge in [-0.25, -0.2) is 4.98 Å². The van der Waals surface area contributed by atoms with Gasteiger partial charge in [-0.1, -0.05) is 52.0 Å². The molecule has 1 aromatic heterocycles. The number of benzene rings is 3. The van der Waals surface area contributed by atoms with Gasteiger partial charge >= 0.3 is 0 Å². The summed E-state index contributed by atoms with van der Waals surface area (Å²) in [6.07, 6.45) is 0. The van der Waals surface area contributed by atoms with Crippen LogP contribution >= 0.6 is 39.0 Å². The molecule has 1 saturated heterocycles. The lowest BCUT2D eigenvalue weighted by atomic mass is 10.0. The standard InChI is InChI=1S/C28H25BrN4O3S2/c1-32-12-14-33(15-13-32)27(36)22-5-3-2-4-21(22)26(35)30-20-10-11-23-25(16-20)38-28(31-23)37-17-24(34)18-6-8-19(29)9-7-18/h2-11,16H,12-15,17H2,1H3,(H,30,35). The van der Waals surface area contributed by atoms with Gasteiger partial charge in [0.2, 0.25) is 0 Å².